The van der Waals surface area contributed by atoms with Crippen LogP contribution < -0.4 is 15.6 Å². The summed E-state index contributed by atoms with van der Waals surface area (Å²) in [5.74, 6) is -1.53. The van der Waals surface area contributed by atoms with Gasteiger partial charge in [-0.05, 0) is 52.3 Å². The van der Waals surface area contributed by atoms with E-state index in [1.54, 1.807) is 6.20 Å². The first-order valence-electron chi connectivity index (χ1n) is 9.44. The molecule has 0 bridgehead atoms. The van der Waals surface area contributed by atoms with Gasteiger partial charge in [-0.2, -0.15) is 4.98 Å². The summed E-state index contributed by atoms with van der Waals surface area (Å²) in [6.45, 7) is 9.80. The SMILES string of the molecule is CCC(C)(C)Nc1ncc2cc(Oc3ccc(F)cc3F)c(=O)n(C(C)C)c2n1. The van der Waals surface area contributed by atoms with Gasteiger partial charge in [0.25, 0.3) is 5.56 Å². The number of ether oxygens (including phenoxy) is 1. The first kappa shape index (κ1) is 20.7. The molecule has 2 heterocycles. The van der Waals surface area contributed by atoms with Crippen molar-refractivity contribution in [1.29, 1.82) is 0 Å². The molecular weight excluding hydrogens is 378 g/mol. The van der Waals surface area contributed by atoms with Crippen molar-refractivity contribution in [2.45, 2.75) is 52.6 Å². The smallest absolute Gasteiger partial charge is 0.295 e. The molecule has 0 saturated heterocycles. The van der Waals surface area contributed by atoms with Gasteiger partial charge in [0, 0.05) is 29.2 Å². The zero-order valence-electron chi connectivity index (χ0n) is 17.1. The Morgan fingerprint density at radius 2 is 1.93 bits per heavy atom. The maximum Gasteiger partial charge on any atom is 0.295 e. The van der Waals surface area contributed by atoms with E-state index >= 15 is 0 Å². The molecule has 8 heteroatoms. The first-order valence-corrected chi connectivity index (χ1v) is 9.44. The average molecular weight is 402 g/mol. The molecule has 0 aliphatic heterocycles. The summed E-state index contributed by atoms with van der Waals surface area (Å²) in [4.78, 5) is 21.9. The lowest BCUT2D eigenvalue weighted by molar-refractivity contribution is 0.425. The number of nitrogens with zero attached hydrogens (tertiary/aromatic N) is 3. The number of hydrogen-bond donors (Lipinski definition) is 1. The van der Waals surface area contributed by atoms with Crippen molar-refractivity contribution in [3.05, 3.63) is 52.5 Å². The second kappa shape index (κ2) is 7.77. The van der Waals surface area contributed by atoms with Gasteiger partial charge in [-0.1, -0.05) is 6.92 Å². The molecule has 0 aliphatic carbocycles. The predicted octanol–water partition coefficient (Wildman–Crippen LogP) is 5.04. The summed E-state index contributed by atoms with van der Waals surface area (Å²) < 4.78 is 34.1. The third-order valence-electron chi connectivity index (χ3n) is 4.70. The van der Waals surface area contributed by atoms with E-state index in [4.69, 9.17) is 4.74 Å². The van der Waals surface area contributed by atoms with Crippen LogP contribution in [-0.2, 0) is 0 Å². The van der Waals surface area contributed by atoms with Gasteiger partial charge in [-0.3, -0.25) is 9.36 Å². The van der Waals surface area contributed by atoms with Gasteiger partial charge in [-0.25, -0.2) is 13.8 Å². The fraction of sp³-hybridized carbons (Fsp3) is 0.381. The summed E-state index contributed by atoms with van der Waals surface area (Å²) in [5.41, 5.74) is -0.225. The van der Waals surface area contributed by atoms with Gasteiger partial charge >= 0.3 is 0 Å². The first-order chi connectivity index (χ1) is 13.6. The van der Waals surface area contributed by atoms with Crippen LogP contribution in [0.15, 0.2) is 35.3 Å². The van der Waals surface area contributed by atoms with E-state index in [1.807, 2.05) is 27.7 Å². The minimum atomic E-state index is -0.891. The summed E-state index contributed by atoms with van der Waals surface area (Å²) in [7, 11) is 0. The van der Waals surface area contributed by atoms with E-state index in [-0.39, 0.29) is 23.1 Å². The Bertz CT molecular complexity index is 1110. The minimum absolute atomic E-state index is 0.0881. The number of anilines is 1. The van der Waals surface area contributed by atoms with Crippen molar-refractivity contribution < 1.29 is 13.5 Å². The second-order valence-corrected chi connectivity index (χ2v) is 7.79. The Kier molecular flexibility index (Phi) is 5.55. The summed E-state index contributed by atoms with van der Waals surface area (Å²) in [6.07, 6.45) is 2.45. The molecule has 1 N–H and O–H groups in total. The topological polar surface area (TPSA) is 69.0 Å². The van der Waals surface area contributed by atoms with Crippen LogP contribution in [0.3, 0.4) is 0 Å². The molecule has 3 rings (SSSR count). The van der Waals surface area contributed by atoms with Crippen LogP contribution >= 0.6 is 0 Å². The molecule has 0 fully saturated rings. The van der Waals surface area contributed by atoms with E-state index in [0.29, 0.717) is 23.0 Å². The fourth-order valence-corrected chi connectivity index (χ4v) is 2.77. The molecule has 0 unspecified atom stereocenters. The highest BCUT2D eigenvalue weighted by Crippen LogP contribution is 2.26. The molecule has 2 aromatic heterocycles. The van der Waals surface area contributed by atoms with Crippen LogP contribution in [0, 0.1) is 11.6 Å². The van der Waals surface area contributed by atoms with Crippen molar-refractivity contribution in [2.24, 2.45) is 0 Å². The lowest BCUT2D eigenvalue weighted by atomic mass is 10.0. The molecule has 1 aromatic carbocycles. The van der Waals surface area contributed by atoms with Gasteiger partial charge in [0.1, 0.15) is 11.5 Å². The van der Waals surface area contributed by atoms with Crippen molar-refractivity contribution in [3.8, 4) is 11.5 Å². The van der Waals surface area contributed by atoms with Gasteiger partial charge in [-0.15, -0.1) is 0 Å². The van der Waals surface area contributed by atoms with Crippen molar-refractivity contribution in [2.75, 3.05) is 5.32 Å². The highest BCUT2D eigenvalue weighted by Gasteiger charge is 2.19. The van der Waals surface area contributed by atoms with E-state index in [2.05, 4.69) is 22.2 Å². The minimum Gasteiger partial charge on any atom is -0.448 e. The normalized spacial score (nSPS) is 11.9. The van der Waals surface area contributed by atoms with Crippen LogP contribution in [0.4, 0.5) is 14.7 Å². The van der Waals surface area contributed by atoms with E-state index in [1.165, 1.54) is 10.6 Å². The Morgan fingerprint density at radius 1 is 1.21 bits per heavy atom. The van der Waals surface area contributed by atoms with Gasteiger partial charge in [0.15, 0.2) is 17.3 Å². The molecule has 154 valence electrons. The molecule has 0 spiro atoms. The Hall–Kier alpha value is -3.03. The molecule has 0 aliphatic rings. The van der Waals surface area contributed by atoms with Crippen molar-refractivity contribution in [1.82, 2.24) is 14.5 Å². The second-order valence-electron chi connectivity index (χ2n) is 7.79. The van der Waals surface area contributed by atoms with Gasteiger partial charge in [0.05, 0.1) is 0 Å². The van der Waals surface area contributed by atoms with Gasteiger partial charge in [0.2, 0.25) is 5.95 Å². The molecule has 0 amide bonds. The van der Waals surface area contributed by atoms with Crippen LogP contribution in [0.2, 0.25) is 0 Å². The summed E-state index contributed by atoms with van der Waals surface area (Å²) in [5, 5.41) is 3.82. The zero-order chi connectivity index (χ0) is 21.3. The maximum atomic E-state index is 14.0. The third kappa shape index (κ3) is 4.36. The molecule has 0 saturated carbocycles. The molecule has 0 radical (unpaired) electrons. The number of nitrogens with one attached hydrogen (secondary N) is 1. The Labute approximate surface area is 167 Å². The van der Waals surface area contributed by atoms with Crippen LogP contribution in [0.5, 0.6) is 11.5 Å². The van der Waals surface area contributed by atoms with E-state index in [9.17, 15) is 13.6 Å². The lowest BCUT2D eigenvalue weighted by Crippen LogP contribution is -2.31. The van der Waals surface area contributed by atoms with Crippen molar-refractivity contribution in [3.63, 3.8) is 0 Å². The largest absolute Gasteiger partial charge is 0.448 e. The molecular formula is C21H24F2N4O2. The van der Waals surface area contributed by atoms with Crippen LogP contribution in [0.25, 0.3) is 11.0 Å². The molecule has 6 nitrogen and oxygen atoms in total. The molecule has 0 atom stereocenters. The predicted molar refractivity (Wildman–Crippen MR) is 109 cm³/mol. The quantitative estimate of drug-likeness (QED) is 0.625. The van der Waals surface area contributed by atoms with Crippen LogP contribution in [-0.4, -0.2) is 20.1 Å². The summed E-state index contributed by atoms with van der Waals surface area (Å²) in [6, 6.07) is 4.15. The number of hydrogen-bond acceptors (Lipinski definition) is 5. The summed E-state index contributed by atoms with van der Waals surface area (Å²) >= 11 is 0. The Balaban J connectivity index is 2.12. The van der Waals surface area contributed by atoms with E-state index in [0.717, 1.165) is 18.6 Å². The number of aromatic nitrogens is 3. The monoisotopic (exact) mass is 402 g/mol. The lowest BCUT2D eigenvalue weighted by Gasteiger charge is -2.24. The maximum absolute atomic E-state index is 14.0. The molecule has 3 aromatic rings. The Morgan fingerprint density at radius 3 is 2.55 bits per heavy atom. The number of fused-ring (bicyclic) bond motifs is 1. The number of rotatable bonds is 6. The third-order valence-corrected chi connectivity index (χ3v) is 4.70. The van der Waals surface area contributed by atoms with Gasteiger partial charge < -0.3 is 10.1 Å². The average Bonchev–Trinajstić information content (AvgIpc) is 2.64. The highest BCUT2D eigenvalue weighted by atomic mass is 19.1. The fourth-order valence-electron chi connectivity index (χ4n) is 2.77. The van der Waals surface area contributed by atoms with E-state index < -0.39 is 17.2 Å². The van der Waals surface area contributed by atoms with Crippen molar-refractivity contribution >= 4 is 17.0 Å². The highest BCUT2D eigenvalue weighted by molar-refractivity contribution is 5.77. The molecule has 29 heavy (non-hydrogen) atoms. The number of halogens is 2. The number of pyridine rings is 1. The number of benzene rings is 1. The van der Waals surface area contributed by atoms with Crippen LogP contribution in [0.1, 0.15) is 47.1 Å². The standard InChI is InChI=1S/C21H24F2N4O2/c1-6-21(4,5)26-20-24-11-13-9-17(19(28)27(12(2)3)18(13)25-20)29-16-8-7-14(22)10-15(16)23/h7-12H,6H2,1-5H3,(H,24,25,26). The zero-order valence-corrected chi connectivity index (χ0v) is 17.1.